The molecule has 0 aliphatic heterocycles. The lowest BCUT2D eigenvalue weighted by molar-refractivity contribution is 0.740. The fourth-order valence-corrected chi connectivity index (χ4v) is 31.3. The molecule has 37 heavy (non-hydrogen) atoms. The van der Waals surface area contributed by atoms with Gasteiger partial charge in [-0.2, -0.15) is 0 Å². The van der Waals surface area contributed by atoms with Crippen LogP contribution in [0.2, 0.25) is 0 Å². The number of hydrogen-bond acceptors (Lipinski definition) is 0. The van der Waals surface area contributed by atoms with Crippen LogP contribution in [0, 0.1) is 5.92 Å². The maximum atomic E-state index is 3.17. The average molecular weight is 545 g/mol. The van der Waals surface area contributed by atoms with Gasteiger partial charge in [0.05, 0.1) is 48.5 Å². The van der Waals surface area contributed by atoms with Crippen LogP contribution in [0.25, 0.3) is 0 Å². The van der Waals surface area contributed by atoms with Crippen LogP contribution < -0.4 is 0 Å². The second kappa shape index (κ2) is 12.2. The molecule has 0 atom stereocenters. The molecule has 0 N–H and O–H groups in total. The van der Waals surface area contributed by atoms with Gasteiger partial charge >= 0.3 is 0 Å². The van der Waals surface area contributed by atoms with Crippen molar-refractivity contribution < 1.29 is 0 Å². The van der Waals surface area contributed by atoms with E-state index in [1.807, 2.05) is 0 Å². The third-order valence-corrected chi connectivity index (χ3v) is 27.2. The van der Waals surface area contributed by atoms with E-state index in [1.54, 1.807) is 154 Å². The first-order valence-electron chi connectivity index (χ1n) is 17.7. The van der Waals surface area contributed by atoms with E-state index in [2.05, 4.69) is 25.0 Å². The normalized spacial score (nSPS) is 28.5. The second-order valence-electron chi connectivity index (χ2n) is 15.1. The molecule has 2 heteroatoms. The van der Waals surface area contributed by atoms with E-state index in [1.165, 1.54) is 0 Å². The predicted molar refractivity (Wildman–Crippen MR) is 170 cm³/mol. The van der Waals surface area contributed by atoms with Crippen molar-refractivity contribution in [2.45, 2.75) is 202 Å². The van der Waals surface area contributed by atoms with Gasteiger partial charge < -0.3 is 0 Å². The summed E-state index contributed by atoms with van der Waals surface area (Å²) in [4.78, 5) is 0. The summed E-state index contributed by atoms with van der Waals surface area (Å²) in [5, 5.41) is 2.44. The Morgan fingerprint density at radius 2 is 0.595 bits per heavy atom. The number of rotatable bonds is 9. The van der Waals surface area contributed by atoms with Gasteiger partial charge in [-0.25, -0.2) is 0 Å². The molecule has 6 aliphatic carbocycles. The van der Waals surface area contributed by atoms with E-state index in [4.69, 9.17) is 0 Å². The zero-order valence-electron chi connectivity index (χ0n) is 25.0. The molecule has 0 aromatic heterocycles. The fourth-order valence-electron chi connectivity index (χ4n) is 11.8. The summed E-state index contributed by atoms with van der Waals surface area (Å²) in [5.74, 6) is 0.766. The standard InChI is InChI=1S/C35H62P2/c1-28(2)27-35(36(29-15-3-4-16-29,30-17-5-6-18-30)31-19-7-8-20-31)37(32-21-9-10-22-32,33-23-11-12-24-33)34-25-13-14-26-34/h27-34H,3-26H2,1-2H3/q+2. The van der Waals surface area contributed by atoms with Crippen LogP contribution in [-0.4, -0.2) is 34.0 Å². The van der Waals surface area contributed by atoms with Crippen LogP contribution in [0.4, 0.5) is 0 Å². The maximum Gasteiger partial charge on any atom is 0.200 e. The molecule has 210 valence electrons. The molecule has 0 unspecified atom stereocenters. The quantitative estimate of drug-likeness (QED) is 0.253. The molecule has 0 radical (unpaired) electrons. The van der Waals surface area contributed by atoms with Crippen LogP contribution in [0.15, 0.2) is 11.1 Å². The van der Waals surface area contributed by atoms with Crippen molar-refractivity contribution in [2.75, 3.05) is 0 Å². The Balaban J connectivity index is 1.62. The first-order valence-corrected chi connectivity index (χ1v) is 21.7. The Bertz CT molecular complexity index is 607. The molecule has 0 heterocycles. The van der Waals surface area contributed by atoms with Gasteiger partial charge in [-0.1, -0.05) is 13.8 Å². The van der Waals surface area contributed by atoms with Gasteiger partial charge in [0.2, 0.25) is 5.06 Å². The highest BCUT2D eigenvalue weighted by molar-refractivity contribution is 8.00. The summed E-state index contributed by atoms with van der Waals surface area (Å²) in [6.45, 7) is 5.22. The number of hydrogen-bond donors (Lipinski definition) is 0. The van der Waals surface area contributed by atoms with E-state index in [-0.39, 0.29) is 0 Å². The van der Waals surface area contributed by atoms with Gasteiger partial charge in [0.15, 0.2) is 0 Å². The molecule has 0 spiro atoms. The van der Waals surface area contributed by atoms with Gasteiger partial charge in [-0.3, -0.25) is 0 Å². The van der Waals surface area contributed by atoms with E-state index in [9.17, 15) is 0 Å². The summed E-state index contributed by atoms with van der Waals surface area (Å²) >= 11 is 0. The van der Waals surface area contributed by atoms with E-state index in [0.717, 1.165) is 39.9 Å². The zero-order chi connectivity index (χ0) is 25.3. The van der Waals surface area contributed by atoms with Gasteiger partial charge in [0.1, 0.15) is 0 Å². The molecule has 0 amide bonds. The molecule has 6 rings (SSSR count). The lowest BCUT2D eigenvalue weighted by Crippen LogP contribution is -2.37. The Labute approximate surface area is 233 Å². The molecule has 6 aliphatic rings. The lowest BCUT2D eigenvalue weighted by Gasteiger charge is -2.51. The third-order valence-electron chi connectivity index (χ3n) is 12.8. The van der Waals surface area contributed by atoms with Gasteiger partial charge in [-0.15, -0.1) is 0 Å². The van der Waals surface area contributed by atoms with Gasteiger partial charge in [0, 0.05) is 0 Å². The average Bonchev–Trinajstić information content (AvgIpc) is 3.77. The van der Waals surface area contributed by atoms with Crippen LogP contribution in [0.1, 0.15) is 168 Å². The minimum Gasteiger partial charge on any atom is -0.0590 e. The number of allylic oxidation sites excluding steroid dienone is 1. The minimum absolute atomic E-state index is 0.766. The molecule has 6 fully saturated rings. The van der Waals surface area contributed by atoms with Crippen LogP contribution in [-0.2, 0) is 0 Å². The van der Waals surface area contributed by atoms with Crippen molar-refractivity contribution in [1.82, 2.24) is 0 Å². The summed E-state index contributed by atoms with van der Waals surface area (Å²) in [6.07, 6.45) is 41.7. The molecule has 0 aromatic carbocycles. The first-order chi connectivity index (χ1) is 18.2. The minimum atomic E-state index is -1.17. The zero-order valence-corrected chi connectivity index (χ0v) is 26.8. The van der Waals surface area contributed by atoms with Gasteiger partial charge in [0.25, 0.3) is 0 Å². The fraction of sp³-hybridized carbons (Fsp3) is 0.943. The molecular formula is C35H62P2+2. The Kier molecular flexibility index (Phi) is 9.17. The van der Waals surface area contributed by atoms with Crippen LogP contribution >= 0.6 is 14.5 Å². The SMILES string of the molecule is CC(C)C=C([P+](C1CCCC1)(C1CCCC1)C1CCCC1)[P+](C1CCCC1)(C1CCCC1)C1CCCC1. The molecule has 0 saturated heterocycles. The van der Waals surface area contributed by atoms with Crippen molar-refractivity contribution in [3.8, 4) is 0 Å². The highest BCUT2D eigenvalue weighted by Gasteiger charge is 2.74. The monoisotopic (exact) mass is 544 g/mol. The van der Waals surface area contributed by atoms with Crippen LogP contribution in [0.3, 0.4) is 0 Å². The van der Waals surface area contributed by atoms with Crippen molar-refractivity contribution in [1.29, 1.82) is 0 Å². The van der Waals surface area contributed by atoms with Crippen LogP contribution in [0.5, 0.6) is 0 Å². The van der Waals surface area contributed by atoms with Crippen molar-refractivity contribution in [3.63, 3.8) is 0 Å². The van der Waals surface area contributed by atoms with Crippen molar-refractivity contribution >= 4 is 14.5 Å². The van der Waals surface area contributed by atoms with Gasteiger partial charge in [-0.05, 0) is 166 Å². The Morgan fingerprint density at radius 3 is 0.757 bits per heavy atom. The summed E-state index contributed by atoms with van der Waals surface area (Å²) < 4.78 is 0. The lowest BCUT2D eigenvalue weighted by atomic mass is 10.2. The third kappa shape index (κ3) is 4.90. The topological polar surface area (TPSA) is 0 Å². The Hall–Kier alpha value is 0.600. The molecule has 0 aromatic rings. The second-order valence-corrected chi connectivity index (χ2v) is 24.1. The molecular weight excluding hydrogens is 482 g/mol. The summed E-state index contributed by atoms with van der Waals surface area (Å²) in [7, 11) is -2.34. The van der Waals surface area contributed by atoms with E-state index in [0.29, 0.717) is 0 Å². The molecule has 6 saturated carbocycles. The molecule has 0 bridgehead atoms. The van der Waals surface area contributed by atoms with E-state index >= 15 is 0 Å². The van der Waals surface area contributed by atoms with Crippen molar-refractivity contribution in [2.24, 2.45) is 5.92 Å². The smallest absolute Gasteiger partial charge is 0.0590 e. The maximum absolute atomic E-state index is 3.17. The Morgan fingerprint density at radius 1 is 0.405 bits per heavy atom. The van der Waals surface area contributed by atoms with Crippen molar-refractivity contribution in [3.05, 3.63) is 11.1 Å². The molecule has 0 nitrogen and oxygen atoms in total. The highest BCUT2D eigenvalue weighted by atomic mass is 31.2. The first kappa shape index (κ1) is 27.8. The summed E-state index contributed by atoms with van der Waals surface area (Å²) in [5.41, 5.74) is 6.87. The summed E-state index contributed by atoms with van der Waals surface area (Å²) in [6, 6.07) is 0. The predicted octanol–water partition coefficient (Wildman–Crippen LogP) is 12.2. The van der Waals surface area contributed by atoms with E-state index < -0.39 is 14.5 Å². The highest BCUT2D eigenvalue weighted by Crippen LogP contribution is 2.97. The largest absolute Gasteiger partial charge is 0.200 e.